The van der Waals surface area contributed by atoms with Gasteiger partial charge in [-0.1, -0.05) is 0 Å². The summed E-state index contributed by atoms with van der Waals surface area (Å²) in [5, 5.41) is 28.8. The van der Waals surface area contributed by atoms with E-state index in [9.17, 15) is 5.21 Å². The van der Waals surface area contributed by atoms with Crippen LogP contribution < -0.4 is 5.06 Å². The van der Waals surface area contributed by atoms with Crippen LogP contribution in [-0.4, -0.2) is 35.5 Å². The number of hydroxylamine groups is 2. The van der Waals surface area contributed by atoms with Crippen molar-refractivity contribution in [3.8, 4) is 0 Å². The molecule has 0 aliphatic carbocycles. The molecule has 1 heterocycles. The second-order valence-corrected chi connectivity index (χ2v) is 3.19. The Morgan fingerprint density at radius 1 is 1.73 bits per heavy atom. The summed E-state index contributed by atoms with van der Waals surface area (Å²) in [6.45, 7) is 2.23. The zero-order valence-corrected chi connectivity index (χ0v) is 6.66. The molecule has 4 heteroatoms. The van der Waals surface area contributed by atoms with Gasteiger partial charge in [0, 0.05) is 13.0 Å². The summed E-state index contributed by atoms with van der Waals surface area (Å²) >= 11 is 0. The summed E-state index contributed by atoms with van der Waals surface area (Å²) in [6.07, 6.45) is 0.0956. The highest BCUT2D eigenvalue weighted by atomic mass is 16.5. The third-order valence-corrected chi connectivity index (χ3v) is 2.43. The van der Waals surface area contributed by atoms with Crippen LogP contribution in [0.5, 0.6) is 0 Å². The highest BCUT2D eigenvalue weighted by molar-refractivity contribution is 4.80. The van der Waals surface area contributed by atoms with Crippen LogP contribution in [0.15, 0.2) is 0 Å². The predicted octanol–water partition coefficient (Wildman–Crippen LogP) is -1.87. The normalized spacial score (nSPS) is 39.8. The number of nitrogens with one attached hydrogen (secondary N) is 1. The molecule has 1 aliphatic rings. The van der Waals surface area contributed by atoms with Gasteiger partial charge in [0.25, 0.3) is 0 Å². The number of hydrogen-bond acceptors (Lipinski definition) is 3. The van der Waals surface area contributed by atoms with Crippen molar-refractivity contribution in [2.24, 2.45) is 5.92 Å². The van der Waals surface area contributed by atoms with Crippen LogP contribution in [0.2, 0.25) is 0 Å². The molecule has 1 fully saturated rings. The fraction of sp³-hybridized carbons (Fsp3) is 1.00. The minimum atomic E-state index is -0.413. The minimum absolute atomic E-state index is 0.0413. The molecule has 0 spiro atoms. The molecule has 0 aromatic rings. The monoisotopic (exact) mass is 161 g/mol. The van der Waals surface area contributed by atoms with Gasteiger partial charge >= 0.3 is 0 Å². The first kappa shape index (κ1) is 8.93. The molecule has 0 saturated carbocycles. The van der Waals surface area contributed by atoms with Gasteiger partial charge in [0.1, 0.15) is 6.04 Å². The lowest BCUT2D eigenvalue weighted by Gasteiger charge is -2.48. The van der Waals surface area contributed by atoms with Gasteiger partial charge in [-0.25, -0.2) is 0 Å². The highest BCUT2D eigenvalue weighted by Gasteiger charge is 2.41. The average Bonchev–Trinajstić information content (AvgIpc) is 1.95. The Kier molecular flexibility index (Phi) is 2.84. The van der Waals surface area contributed by atoms with Gasteiger partial charge < -0.3 is 20.5 Å². The van der Waals surface area contributed by atoms with Crippen LogP contribution in [0, 0.1) is 11.1 Å². The van der Waals surface area contributed by atoms with Crippen molar-refractivity contribution in [1.82, 2.24) is 0 Å². The number of aliphatic hydroxyl groups excluding tert-OH is 2. The van der Waals surface area contributed by atoms with Crippen LogP contribution in [0.1, 0.15) is 13.3 Å². The highest BCUT2D eigenvalue weighted by Crippen LogP contribution is 2.14. The Labute approximate surface area is 66.0 Å². The first-order chi connectivity index (χ1) is 5.16. The molecule has 0 bridgehead atoms. The standard InChI is InChI=1S/C7H15NO3/c1-5(10)6-4-8(11)7(6)2-3-9/h5-10H,2-4H2,1H3. The van der Waals surface area contributed by atoms with Crippen molar-refractivity contribution in [1.29, 1.82) is 0 Å². The number of quaternary nitrogens is 1. The SMILES string of the molecule is CC(O)C1C[NH+]([O-])C1CCO. The predicted molar refractivity (Wildman–Crippen MR) is 39.9 cm³/mol. The summed E-state index contributed by atoms with van der Waals surface area (Å²) in [5.41, 5.74) is 0. The molecule has 66 valence electrons. The van der Waals surface area contributed by atoms with E-state index >= 15 is 0 Å². The first-order valence-electron chi connectivity index (χ1n) is 3.98. The molecule has 11 heavy (non-hydrogen) atoms. The maximum atomic E-state index is 10.9. The van der Waals surface area contributed by atoms with E-state index in [1.54, 1.807) is 6.92 Å². The Balaban J connectivity index is 2.35. The third-order valence-electron chi connectivity index (χ3n) is 2.43. The Hall–Kier alpha value is -0.160. The van der Waals surface area contributed by atoms with Crippen LogP contribution in [-0.2, 0) is 0 Å². The molecule has 0 aromatic heterocycles. The summed E-state index contributed by atoms with van der Waals surface area (Å²) in [6, 6.07) is -0.0833. The maximum absolute atomic E-state index is 10.9. The average molecular weight is 161 g/mol. The molecule has 4 atom stereocenters. The molecule has 4 nitrogen and oxygen atoms in total. The molecule has 1 rings (SSSR count). The summed E-state index contributed by atoms with van der Waals surface area (Å²) in [4.78, 5) is 0. The molecule has 0 amide bonds. The van der Waals surface area contributed by atoms with Gasteiger partial charge in [-0.3, -0.25) is 0 Å². The second kappa shape index (κ2) is 3.49. The van der Waals surface area contributed by atoms with Gasteiger partial charge in [0.15, 0.2) is 0 Å². The molecule has 4 unspecified atom stereocenters. The summed E-state index contributed by atoms with van der Waals surface area (Å²) in [5.74, 6) is 0.0923. The lowest BCUT2D eigenvalue weighted by atomic mass is 9.85. The largest absolute Gasteiger partial charge is 0.634 e. The van der Waals surface area contributed by atoms with Crippen molar-refractivity contribution < 1.29 is 15.3 Å². The lowest BCUT2D eigenvalue weighted by Crippen LogP contribution is -3.21. The molecule has 0 aromatic carbocycles. The molecule has 3 N–H and O–H groups in total. The third kappa shape index (κ3) is 1.70. The number of rotatable bonds is 3. The van der Waals surface area contributed by atoms with E-state index in [2.05, 4.69) is 0 Å². The van der Waals surface area contributed by atoms with Gasteiger partial charge in [-0.15, -0.1) is 0 Å². The second-order valence-electron chi connectivity index (χ2n) is 3.19. The zero-order valence-electron chi connectivity index (χ0n) is 6.66. The van der Waals surface area contributed by atoms with E-state index in [1.807, 2.05) is 0 Å². The lowest BCUT2D eigenvalue weighted by molar-refractivity contribution is -0.935. The molecule has 1 saturated heterocycles. The van der Waals surface area contributed by atoms with Gasteiger partial charge in [0.2, 0.25) is 0 Å². The van der Waals surface area contributed by atoms with Crippen LogP contribution in [0.25, 0.3) is 0 Å². The van der Waals surface area contributed by atoms with E-state index in [1.165, 1.54) is 0 Å². The van der Waals surface area contributed by atoms with Crippen LogP contribution in [0.3, 0.4) is 0 Å². The van der Waals surface area contributed by atoms with Crippen molar-refractivity contribution in [3.05, 3.63) is 5.21 Å². The Morgan fingerprint density at radius 3 is 2.73 bits per heavy atom. The van der Waals surface area contributed by atoms with E-state index in [4.69, 9.17) is 10.2 Å². The topological polar surface area (TPSA) is 68.0 Å². The van der Waals surface area contributed by atoms with Crippen LogP contribution in [0.4, 0.5) is 0 Å². The molecule has 1 aliphatic heterocycles. The van der Waals surface area contributed by atoms with Crippen molar-refractivity contribution >= 4 is 0 Å². The van der Waals surface area contributed by atoms with E-state index in [0.29, 0.717) is 13.0 Å². The zero-order chi connectivity index (χ0) is 8.43. The molecular formula is C7H15NO3. The van der Waals surface area contributed by atoms with E-state index in [-0.39, 0.29) is 23.6 Å². The number of hydrogen-bond donors (Lipinski definition) is 3. The fourth-order valence-corrected chi connectivity index (χ4v) is 1.63. The van der Waals surface area contributed by atoms with Crippen molar-refractivity contribution in [2.75, 3.05) is 13.2 Å². The first-order valence-corrected chi connectivity index (χ1v) is 3.98. The van der Waals surface area contributed by atoms with Gasteiger partial charge in [0.05, 0.1) is 18.6 Å². The Morgan fingerprint density at radius 2 is 2.36 bits per heavy atom. The van der Waals surface area contributed by atoms with Crippen molar-refractivity contribution in [3.63, 3.8) is 0 Å². The van der Waals surface area contributed by atoms with Crippen LogP contribution >= 0.6 is 0 Å². The van der Waals surface area contributed by atoms with E-state index < -0.39 is 6.10 Å². The fourth-order valence-electron chi connectivity index (χ4n) is 1.63. The van der Waals surface area contributed by atoms with Gasteiger partial charge in [-0.05, 0) is 6.92 Å². The van der Waals surface area contributed by atoms with Crippen molar-refractivity contribution in [2.45, 2.75) is 25.5 Å². The molecular weight excluding hydrogens is 146 g/mol. The minimum Gasteiger partial charge on any atom is -0.634 e. The number of aliphatic hydroxyl groups is 2. The summed E-state index contributed by atoms with van der Waals surface area (Å²) in [7, 11) is 0. The maximum Gasteiger partial charge on any atom is 0.100 e. The Bertz CT molecular complexity index is 129. The smallest absolute Gasteiger partial charge is 0.100 e. The quantitative estimate of drug-likeness (QED) is 0.425. The van der Waals surface area contributed by atoms with Gasteiger partial charge in [-0.2, -0.15) is 0 Å². The van der Waals surface area contributed by atoms with E-state index in [0.717, 1.165) is 0 Å². The summed E-state index contributed by atoms with van der Waals surface area (Å²) < 4.78 is 0. The molecule has 0 radical (unpaired) electrons.